The maximum Gasteiger partial charge on any atom is 0.260 e. The van der Waals surface area contributed by atoms with Crippen LogP contribution in [-0.2, 0) is 0 Å². The number of nitrogens with one attached hydrogen (secondary N) is 2. The molecule has 3 aromatic carbocycles. The predicted octanol–water partition coefficient (Wildman–Crippen LogP) is 6.42. The van der Waals surface area contributed by atoms with Gasteiger partial charge in [-0.1, -0.05) is 43.7 Å². The summed E-state index contributed by atoms with van der Waals surface area (Å²) >= 11 is 8.83. The molecule has 182 valence electrons. The van der Waals surface area contributed by atoms with Crippen LogP contribution in [0.4, 0.5) is 11.4 Å². The molecule has 2 N–H and O–H groups in total. The van der Waals surface area contributed by atoms with Gasteiger partial charge in [0, 0.05) is 17.8 Å². The summed E-state index contributed by atoms with van der Waals surface area (Å²) in [6.45, 7) is 5.14. The van der Waals surface area contributed by atoms with Crippen LogP contribution >= 0.6 is 28.1 Å². The molecule has 3 rings (SSSR count). The molecule has 0 saturated carbocycles. The number of anilines is 2. The van der Waals surface area contributed by atoms with Crippen LogP contribution in [0.2, 0.25) is 0 Å². The summed E-state index contributed by atoms with van der Waals surface area (Å²) in [7, 11) is 0. The van der Waals surface area contributed by atoms with Crippen LogP contribution in [0.3, 0.4) is 0 Å². The van der Waals surface area contributed by atoms with E-state index in [0.29, 0.717) is 40.2 Å². The molecule has 0 unspecified atom stereocenters. The van der Waals surface area contributed by atoms with Gasteiger partial charge in [-0.25, -0.2) is 0 Å². The number of thiocarbonyl (C=S) groups is 1. The highest BCUT2D eigenvalue weighted by Gasteiger charge is 2.20. The van der Waals surface area contributed by atoms with Crippen LogP contribution in [0.1, 0.15) is 47.4 Å². The highest BCUT2D eigenvalue weighted by molar-refractivity contribution is 9.10. The summed E-state index contributed by atoms with van der Waals surface area (Å²) in [4.78, 5) is 27.8. The quantitative estimate of drug-likeness (QED) is 0.236. The summed E-state index contributed by atoms with van der Waals surface area (Å²) < 4.78 is 6.41. The Labute approximate surface area is 219 Å². The molecule has 0 bridgehead atoms. The van der Waals surface area contributed by atoms with Gasteiger partial charge < -0.3 is 15.0 Å². The van der Waals surface area contributed by atoms with E-state index in [-0.39, 0.29) is 16.9 Å². The molecule has 3 aromatic rings. The smallest absolute Gasteiger partial charge is 0.260 e. The maximum atomic E-state index is 13.3. The van der Waals surface area contributed by atoms with Gasteiger partial charge >= 0.3 is 0 Å². The summed E-state index contributed by atoms with van der Waals surface area (Å²) in [5.74, 6) is 0.146. The normalized spacial score (nSPS) is 10.4. The Morgan fingerprint density at radius 1 is 1.00 bits per heavy atom. The van der Waals surface area contributed by atoms with Gasteiger partial charge in [-0.3, -0.25) is 14.9 Å². The molecular formula is C27H28BrN3O3S. The van der Waals surface area contributed by atoms with Crippen molar-refractivity contribution in [1.82, 2.24) is 5.32 Å². The Morgan fingerprint density at radius 2 is 1.71 bits per heavy atom. The number of hydrogen-bond donors (Lipinski definition) is 2. The van der Waals surface area contributed by atoms with Gasteiger partial charge in [0.1, 0.15) is 5.75 Å². The van der Waals surface area contributed by atoms with Gasteiger partial charge in [-0.05, 0) is 84.0 Å². The second-order valence-electron chi connectivity index (χ2n) is 7.69. The van der Waals surface area contributed by atoms with E-state index in [9.17, 15) is 9.59 Å². The first-order valence-corrected chi connectivity index (χ1v) is 12.6. The van der Waals surface area contributed by atoms with Gasteiger partial charge in [-0.2, -0.15) is 0 Å². The van der Waals surface area contributed by atoms with E-state index in [1.165, 1.54) is 0 Å². The Hall–Kier alpha value is -3.23. The Morgan fingerprint density at radius 3 is 2.40 bits per heavy atom. The lowest BCUT2D eigenvalue weighted by Crippen LogP contribution is -2.35. The van der Waals surface area contributed by atoms with E-state index in [4.69, 9.17) is 17.0 Å². The molecule has 0 heterocycles. The number of unbranched alkanes of at least 4 members (excludes halogenated alkanes) is 1. The van der Waals surface area contributed by atoms with E-state index in [2.05, 4.69) is 33.5 Å². The Bertz CT molecular complexity index is 1190. The number of benzene rings is 3. The first-order valence-electron chi connectivity index (χ1n) is 11.4. The minimum absolute atomic E-state index is 0.0948. The number of nitrogens with zero attached hydrogens (tertiary/aromatic N) is 1. The van der Waals surface area contributed by atoms with Crippen molar-refractivity contribution in [3.8, 4) is 5.75 Å². The van der Waals surface area contributed by atoms with Crippen LogP contribution in [0.25, 0.3) is 0 Å². The summed E-state index contributed by atoms with van der Waals surface area (Å²) in [5, 5.41) is 5.77. The topological polar surface area (TPSA) is 70.7 Å². The minimum atomic E-state index is -0.369. The van der Waals surface area contributed by atoms with E-state index in [1.807, 2.05) is 37.3 Å². The van der Waals surface area contributed by atoms with Crippen molar-refractivity contribution in [2.75, 3.05) is 23.4 Å². The third kappa shape index (κ3) is 7.13. The first-order chi connectivity index (χ1) is 16.9. The molecule has 0 atom stereocenters. The van der Waals surface area contributed by atoms with Gasteiger partial charge in [-0.15, -0.1) is 0 Å². The van der Waals surface area contributed by atoms with Gasteiger partial charge in [0.15, 0.2) is 5.11 Å². The fraction of sp³-hybridized carbons (Fsp3) is 0.222. The Balaban J connectivity index is 1.69. The number of ether oxygens (including phenoxy) is 1. The largest absolute Gasteiger partial charge is 0.492 e. The molecule has 0 saturated heterocycles. The summed E-state index contributed by atoms with van der Waals surface area (Å²) in [5.41, 5.74) is 2.19. The predicted molar refractivity (Wildman–Crippen MR) is 148 cm³/mol. The summed E-state index contributed by atoms with van der Waals surface area (Å²) in [6, 6.07) is 21.7. The molecule has 35 heavy (non-hydrogen) atoms. The molecule has 0 radical (unpaired) electrons. The maximum absolute atomic E-state index is 13.3. The molecule has 0 fully saturated rings. The monoisotopic (exact) mass is 553 g/mol. The molecule has 0 aliphatic rings. The molecule has 0 aromatic heterocycles. The van der Waals surface area contributed by atoms with Gasteiger partial charge in [0.25, 0.3) is 11.8 Å². The third-order valence-corrected chi connectivity index (χ3v) is 6.04. The average Bonchev–Trinajstić information content (AvgIpc) is 2.86. The lowest BCUT2D eigenvalue weighted by Gasteiger charge is -2.23. The van der Waals surface area contributed by atoms with Crippen LogP contribution in [0.5, 0.6) is 5.75 Å². The van der Waals surface area contributed by atoms with Crippen molar-refractivity contribution < 1.29 is 14.3 Å². The molecular weight excluding hydrogens is 526 g/mol. The molecule has 0 aliphatic carbocycles. The second-order valence-corrected chi connectivity index (χ2v) is 8.95. The van der Waals surface area contributed by atoms with Crippen molar-refractivity contribution in [3.05, 3.63) is 88.4 Å². The van der Waals surface area contributed by atoms with E-state index >= 15 is 0 Å². The Kier molecular flexibility index (Phi) is 9.81. The fourth-order valence-electron chi connectivity index (χ4n) is 3.39. The number of carbonyl (C=O) groups is 2. The number of para-hydroxylation sites is 2. The standard InChI is InChI=1S/C27H28BrN3O3S/c1-3-5-17-34-24-16-15-19(18-22(24)28)25(32)30-27(35)29-23-14-10-9-13-21(23)26(33)31(4-2)20-11-7-6-8-12-20/h6-16,18H,3-5,17H2,1-2H3,(H2,29,30,32,35). The van der Waals surface area contributed by atoms with Crippen molar-refractivity contribution in [2.24, 2.45) is 0 Å². The third-order valence-electron chi connectivity index (χ3n) is 5.21. The zero-order valence-corrected chi connectivity index (χ0v) is 22.1. The van der Waals surface area contributed by atoms with Crippen molar-refractivity contribution in [3.63, 3.8) is 0 Å². The van der Waals surface area contributed by atoms with Crippen LogP contribution in [0, 0.1) is 0 Å². The number of hydrogen-bond acceptors (Lipinski definition) is 4. The lowest BCUT2D eigenvalue weighted by molar-refractivity contribution is 0.0974. The highest BCUT2D eigenvalue weighted by Crippen LogP contribution is 2.26. The van der Waals surface area contributed by atoms with Crippen molar-refractivity contribution in [2.45, 2.75) is 26.7 Å². The highest BCUT2D eigenvalue weighted by atomic mass is 79.9. The van der Waals surface area contributed by atoms with Gasteiger partial charge in [0.2, 0.25) is 0 Å². The average molecular weight is 555 g/mol. The van der Waals surface area contributed by atoms with Crippen LogP contribution in [0.15, 0.2) is 77.3 Å². The van der Waals surface area contributed by atoms with E-state index < -0.39 is 0 Å². The van der Waals surface area contributed by atoms with Crippen molar-refractivity contribution >= 4 is 56.4 Å². The zero-order valence-electron chi connectivity index (χ0n) is 19.7. The fourth-order valence-corrected chi connectivity index (χ4v) is 4.09. The van der Waals surface area contributed by atoms with Gasteiger partial charge in [0.05, 0.1) is 22.3 Å². The molecule has 0 spiro atoms. The molecule has 2 amide bonds. The number of halogens is 1. The number of rotatable bonds is 9. The molecule has 0 aliphatic heterocycles. The zero-order chi connectivity index (χ0) is 25.2. The van der Waals surface area contributed by atoms with Crippen molar-refractivity contribution in [1.29, 1.82) is 0 Å². The SMILES string of the molecule is CCCCOc1ccc(C(=O)NC(=S)Nc2ccccc2C(=O)N(CC)c2ccccc2)cc1Br. The molecule has 6 nitrogen and oxygen atoms in total. The lowest BCUT2D eigenvalue weighted by atomic mass is 10.1. The second kappa shape index (κ2) is 13.0. The van der Waals surface area contributed by atoms with Crippen LogP contribution < -0.4 is 20.3 Å². The van der Waals surface area contributed by atoms with E-state index in [1.54, 1.807) is 47.4 Å². The van der Waals surface area contributed by atoms with E-state index in [0.717, 1.165) is 18.5 Å². The summed E-state index contributed by atoms with van der Waals surface area (Å²) in [6.07, 6.45) is 2.00. The minimum Gasteiger partial charge on any atom is -0.492 e. The molecule has 8 heteroatoms. The van der Waals surface area contributed by atoms with Crippen LogP contribution in [-0.4, -0.2) is 30.1 Å². The first kappa shape index (κ1) is 26.4. The number of amides is 2. The number of carbonyl (C=O) groups excluding carboxylic acids is 2.